The maximum atomic E-state index is 12.6. The topological polar surface area (TPSA) is 84.9 Å². The van der Waals surface area contributed by atoms with E-state index in [2.05, 4.69) is 55.2 Å². The number of amides is 1. The Kier molecular flexibility index (Phi) is 5.37. The predicted molar refractivity (Wildman–Crippen MR) is 108 cm³/mol. The van der Waals surface area contributed by atoms with Crippen molar-refractivity contribution in [2.24, 2.45) is 0 Å². The molecule has 0 spiro atoms. The molecular weight excluding hydrogens is 364 g/mol. The molecule has 2 aliphatic heterocycles. The second-order valence-electron chi connectivity index (χ2n) is 8.86. The first kappa shape index (κ1) is 20.3. The van der Waals surface area contributed by atoms with Crippen LogP contribution >= 0.6 is 11.3 Å². The van der Waals surface area contributed by atoms with Gasteiger partial charge < -0.3 is 20.6 Å². The molecule has 150 valence electrons. The average Bonchev–Trinajstić information content (AvgIpc) is 2.86. The van der Waals surface area contributed by atoms with Crippen LogP contribution in [0, 0.1) is 0 Å². The number of rotatable bonds is 4. The Morgan fingerprint density at radius 1 is 1.19 bits per heavy atom. The lowest BCUT2D eigenvalue weighted by atomic mass is 9.81. The maximum Gasteiger partial charge on any atom is 0.339 e. The van der Waals surface area contributed by atoms with Gasteiger partial charge in [-0.05, 0) is 46.7 Å². The van der Waals surface area contributed by atoms with Gasteiger partial charge in [0.05, 0.1) is 12.1 Å². The third kappa shape index (κ3) is 4.34. The highest BCUT2D eigenvalue weighted by atomic mass is 32.1. The number of piperazine rings is 1. The van der Waals surface area contributed by atoms with E-state index in [4.69, 9.17) is 0 Å². The van der Waals surface area contributed by atoms with E-state index < -0.39 is 5.97 Å². The van der Waals surface area contributed by atoms with E-state index in [-0.39, 0.29) is 22.5 Å². The summed E-state index contributed by atoms with van der Waals surface area (Å²) in [6, 6.07) is 0. The number of hydrogen-bond donors (Lipinski definition) is 3. The van der Waals surface area contributed by atoms with Crippen molar-refractivity contribution in [3.63, 3.8) is 0 Å². The molecule has 0 aliphatic carbocycles. The monoisotopic (exact) mass is 394 g/mol. The number of carboxylic acids is 1. The first-order valence-corrected chi connectivity index (χ1v) is 10.2. The number of likely N-dealkylation sites (N-methyl/N-ethyl adjacent to an activating group) is 1. The highest BCUT2D eigenvalue weighted by Gasteiger charge is 2.41. The SMILES string of the molecule is CN1CCN(CC(=O)Nc2sc3c(c2C(=O)O)CC(C)(C)NC3(C)C)CC1. The molecule has 3 N–H and O–H groups in total. The number of hydrogen-bond acceptors (Lipinski definition) is 6. The van der Waals surface area contributed by atoms with E-state index in [1.54, 1.807) is 0 Å². The number of carbonyl (C=O) groups excluding carboxylic acids is 1. The molecule has 7 nitrogen and oxygen atoms in total. The fraction of sp³-hybridized carbons (Fsp3) is 0.684. The lowest BCUT2D eigenvalue weighted by Gasteiger charge is -2.42. The molecule has 1 fully saturated rings. The van der Waals surface area contributed by atoms with Gasteiger partial charge in [-0.1, -0.05) is 0 Å². The Balaban J connectivity index is 1.83. The fourth-order valence-electron chi connectivity index (χ4n) is 4.22. The minimum Gasteiger partial charge on any atom is -0.478 e. The number of aromatic carboxylic acids is 1. The third-order valence-corrected chi connectivity index (χ3v) is 6.75. The zero-order valence-electron chi connectivity index (χ0n) is 16.8. The maximum absolute atomic E-state index is 12.6. The summed E-state index contributed by atoms with van der Waals surface area (Å²) in [5.74, 6) is -1.12. The van der Waals surface area contributed by atoms with Gasteiger partial charge in [0.25, 0.3) is 0 Å². The van der Waals surface area contributed by atoms with Gasteiger partial charge in [-0.3, -0.25) is 9.69 Å². The van der Waals surface area contributed by atoms with Crippen LogP contribution in [0.3, 0.4) is 0 Å². The summed E-state index contributed by atoms with van der Waals surface area (Å²) in [7, 11) is 2.07. The smallest absolute Gasteiger partial charge is 0.339 e. The van der Waals surface area contributed by atoms with E-state index in [1.807, 2.05) is 0 Å². The summed E-state index contributed by atoms with van der Waals surface area (Å²) < 4.78 is 0. The van der Waals surface area contributed by atoms with Crippen LogP contribution in [0.25, 0.3) is 0 Å². The van der Waals surface area contributed by atoms with Crippen molar-refractivity contribution in [2.75, 3.05) is 45.1 Å². The van der Waals surface area contributed by atoms with Crippen LogP contribution in [0.4, 0.5) is 5.00 Å². The molecule has 0 atom stereocenters. The van der Waals surface area contributed by atoms with Gasteiger partial charge >= 0.3 is 5.97 Å². The average molecular weight is 395 g/mol. The number of anilines is 1. The van der Waals surface area contributed by atoms with Crippen LogP contribution in [-0.2, 0) is 16.8 Å². The lowest BCUT2D eigenvalue weighted by molar-refractivity contribution is -0.117. The van der Waals surface area contributed by atoms with Crippen molar-refractivity contribution in [2.45, 2.75) is 45.2 Å². The largest absolute Gasteiger partial charge is 0.478 e. The second kappa shape index (κ2) is 7.16. The summed E-state index contributed by atoms with van der Waals surface area (Å²) in [5, 5.41) is 16.8. The van der Waals surface area contributed by atoms with E-state index in [9.17, 15) is 14.7 Å². The minimum atomic E-state index is -0.976. The number of thiophene rings is 1. The first-order chi connectivity index (χ1) is 12.5. The zero-order valence-corrected chi connectivity index (χ0v) is 17.6. The van der Waals surface area contributed by atoms with Crippen LogP contribution in [0.1, 0.15) is 48.5 Å². The molecule has 3 rings (SSSR count). The Hall–Kier alpha value is -1.48. The van der Waals surface area contributed by atoms with Crippen LogP contribution in [0.5, 0.6) is 0 Å². The Labute approximate surface area is 164 Å². The summed E-state index contributed by atoms with van der Waals surface area (Å²) >= 11 is 1.39. The van der Waals surface area contributed by atoms with Gasteiger partial charge in [-0.15, -0.1) is 11.3 Å². The molecule has 0 bridgehead atoms. The molecule has 2 aliphatic rings. The number of carboxylic acid groups (broad SMARTS) is 1. The van der Waals surface area contributed by atoms with E-state index in [1.165, 1.54) is 11.3 Å². The standard InChI is InChI=1S/C19H30N4O3S/c1-18(2)10-12-14(17(25)26)16(27-15(12)19(3,4)21-18)20-13(24)11-23-8-6-22(5)7-9-23/h21H,6-11H2,1-5H3,(H,20,24)(H,25,26). The molecular formula is C19H30N4O3S. The van der Waals surface area contributed by atoms with Crippen molar-refractivity contribution < 1.29 is 14.7 Å². The molecule has 0 aromatic carbocycles. The summed E-state index contributed by atoms with van der Waals surface area (Å²) in [6.45, 7) is 12.1. The third-order valence-electron chi connectivity index (χ3n) is 5.27. The normalized spacial score (nSPS) is 22.3. The molecule has 0 radical (unpaired) electrons. The molecule has 1 aromatic rings. The van der Waals surface area contributed by atoms with E-state index in [0.29, 0.717) is 18.0 Å². The van der Waals surface area contributed by atoms with Gasteiger partial charge in [0.2, 0.25) is 5.91 Å². The first-order valence-electron chi connectivity index (χ1n) is 9.38. The molecule has 0 unspecified atom stereocenters. The van der Waals surface area contributed by atoms with Crippen molar-refractivity contribution in [1.82, 2.24) is 15.1 Å². The van der Waals surface area contributed by atoms with Gasteiger partial charge in [-0.25, -0.2) is 4.79 Å². The zero-order chi connectivity index (χ0) is 20.0. The molecule has 8 heteroatoms. The van der Waals surface area contributed by atoms with Crippen LogP contribution in [0.15, 0.2) is 0 Å². The van der Waals surface area contributed by atoms with Crippen LogP contribution in [-0.4, -0.2) is 72.1 Å². The number of nitrogens with one attached hydrogen (secondary N) is 2. The molecule has 3 heterocycles. The fourth-order valence-corrected chi connectivity index (χ4v) is 5.50. The molecule has 1 amide bonds. The molecule has 27 heavy (non-hydrogen) atoms. The highest BCUT2D eigenvalue weighted by Crippen LogP contribution is 2.45. The van der Waals surface area contributed by atoms with Gasteiger partial charge in [0.15, 0.2) is 0 Å². The van der Waals surface area contributed by atoms with Gasteiger partial charge in [0.1, 0.15) is 5.00 Å². The number of nitrogens with zero attached hydrogens (tertiary/aromatic N) is 2. The lowest BCUT2D eigenvalue weighted by Crippen LogP contribution is -2.55. The van der Waals surface area contributed by atoms with Crippen molar-refractivity contribution in [3.8, 4) is 0 Å². The second-order valence-corrected chi connectivity index (χ2v) is 9.88. The number of fused-ring (bicyclic) bond motifs is 1. The van der Waals surface area contributed by atoms with Crippen molar-refractivity contribution in [3.05, 3.63) is 16.0 Å². The Bertz CT molecular complexity index is 748. The predicted octanol–water partition coefficient (Wildman–Crippen LogP) is 1.79. The van der Waals surface area contributed by atoms with Crippen LogP contribution < -0.4 is 10.6 Å². The Morgan fingerprint density at radius 3 is 2.41 bits per heavy atom. The molecule has 0 saturated carbocycles. The highest BCUT2D eigenvalue weighted by molar-refractivity contribution is 7.17. The molecule has 1 saturated heterocycles. The summed E-state index contributed by atoms with van der Waals surface area (Å²) in [6.07, 6.45) is 0.623. The number of carbonyl (C=O) groups is 2. The molecule has 1 aromatic heterocycles. The van der Waals surface area contributed by atoms with E-state index >= 15 is 0 Å². The van der Waals surface area contributed by atoms with Gasteiger partial charge in [-0.2, -0.15) is 0 Å². The van der Waals surface area contributed by atoms with Crippen molar-refractivity contribution in [1.29, 1.82) is 0 Å². The summed E-state index contributed by atoms with van der Waals surface area (Å²) in [4.78, 5) is 29.9. The Morgan fingerprint density at radius 2 is 1.81 bits per heavy atom. The quantitative estimate of drug-likeness (QED) is 0.722. The van der Waals surface area contributed by atoms with Gasteiger partial charge in [0, 0.05) is 42.1 Å². The van der Waals surface area contributed by atoms with E-state index in [0.717, 1.165) is 36.6 Å². The van der Waals surface area contributed by atoms with Crippen molar-refractivity contribution >= 4 is 28.2 Å². The minimum absolute atomic E-state index is 0.148. The summed E-state index contributed by atoms with van der Waals surface area (Å²) in [5.41, 5.74) is 0.551. The van der Waals surface area contributed by atoms with Crippen LogP contribution in [0.2, 0.25) is 0 Å².